The van der Waals surface area contributed by atoms with Crippen LogP contribution in [0.25, 0.3) is 0 Å². The Balaban J connectivity index is 2.00. The average Bonchev–Trinajstić information content (AvgIpc) is 3.11. The highest BCUT2D eigenvalue weighted by molar-refractivity contribution is 7.99. The molecule has 0 saturated heterocycles. The van der Waals surface area contributed by atoms with Gasteiger partial charge in [-0.2, -0.15) is 0 Å². The van der Waals surface area contributed by atoms with E-state index in [2.05, 4.69) is 24.1 Å². The number of carbonyl (C=O) groups excluding carboxylic acids is 1. The number of aromatic nitrogens is 2. The summed E-state index contributed by atoms with van der Waals surface area (Å²) >= 11 is 1.19. The van der Waals surface area contributed by atoms with Crippen molar-refractivity contribution in [2.75, 3.05) is 5.75 Å². The number of nitrogens with one attached hydrogen (secondary N) is 1. The van der Waals surface area contributed by atoms with E-state index >= 15 is 0 Å². The third-order valence-corrected chi connectivity index (χ3v) is 4.25. The summed E-state index contributed by atoms with van der Waals surface area (Å²) in [6, 6.07) is 0.366. The molecule has 6 nitrogen and oxygen atoms in total. The van der Waals surface area contributed by atoms with Gasteiger partial charge in [-0.25, -0.2) is 4.98 Å². The lowest BCUT2D eigenvalue weighted by Gasteiger charge is -2.13. The number of amides is 1. The zero-order valence-electron chi connectivity index (χ0n) is 12.3. The van der Waals surface area contributed by atoms with Crippen LogP contribution in [0.1, 0.15) is 44.7 Å². The first-order chi connectivity index (χ1) is 9.97. The number of nitrogens with zero attached hydrogens (tertiary/aromatic N) is 2. The van der Waals surface area contributed by atoms with Gasteiger partial charge in [0.25, 0.3) is 0 Å². The zero-order valence-corrected chi connectivity index (χ0v) is 13.2. The van der Waals surface area contributed by atoms with E-state index in [1.165, 1.54) is 11.8 Å². The molecule has 1 fully saturated rings. The van der Waals surface area contributed by atoms with Gasteiger partial charge in [-0.15, -0.1) is 0 Å². The summed E-state index contributed by atoms with van der Waals surface area (Å²) in [5.74, 6) is -0.562. The largest absolute Gasteiger partial charge is 0.481 e. The van der Waals surface area contributed by atoms with Crippen LogP contribution in [0.5, 0.6) is 0 Å². The minimum absolute atomic E-state index is 0.0250. The number of carboxylic acid groups (broad SMARTS) is 1. The molecule has 1 aromatic rings. The number of imidazole rings is 1. The van der Waals surface area contributed by atoms with Crippen molar-refractivity contribution in [1.29, 1.82) is 0 Å². The maximum atomic E-state index is 11.8. The van der Waals surface area contributed by atoms with Crippen molar-refractivity contribution in [2.24, 2.45) is 0 Å². The van der Waals surface area contributed by atoms with E-state index in [0.29, 0.717) is 24.2 Å². The summed E-state index contributed by atoms with van der Waals surface area (Å²) in [6.07, 6.45) is 4.32. The van der Waals surface area contributed by atoms with E-state index in [1.807, 2.05) is 4.57 Å². The molecule has 0 unspecified atom stereocenters. The topological polar surface area (TPSA) is 84.2 Å². The van der Waals surface area contributed by atoms with Gasteiger partial charge in [-0.3, -0.25) is 9.59 Å². The maximum absolute atomic E-state index is 11.8. The van der Waals surface area contributed by atoms with Gasteiger partial charge in [-0.1, -0.05) is 25.6 Å². The van der Waals surface area contributed by atoms with Gasteiger partial charge in [-0.05, 0) is 18.8 Å². The highest BCUT2D eigenvalue weighted by Crippen LogP contribution is 2.24. The van der Waals surface area contributed by atoms with Crippen LogP contribution < -0.4 is 5.32 Å². The molecule has 21 heavy (non-hydrogen) atoms. The first kappa shape index (κ1) is 15.9. The Kier molecular flexibility index (Phi) is 5.27. The molecule has 1 amide bonds. The van der Waals surface area contributed by atoms with Crippen molar-refractivity contribution in [2.45, 2.75) is 56.8 Å². The molecule has 0 spiro atoms. The van der Waals surface area contributed by atoms with Crippen LogP contribution in [0.15, 0.2) is 11.4 Å². The Morgan fingerprint density at radius 3 is 2.81 bits per heavy atom. The molecule has 1 aliphatic carbocycles. The molecule has 0 aromatic carbocycles. The molecule has 0 atom stereocenters. The van der Waals surface area contributed by atoms with Crippen molar-refractivity contribution in [3.8, 4) is 0 Å². The predicted octanol–water partition coefficient (Wildman–Crippen LogP) is 1.85. The second-order valence-electron chi connectivity index (χ2n) is 5.55. The zero-order chi connectivity index (χ0) is 15.4. The van der Waals surface area contributed by atoms with Crippen LogP contribution in [0.4, 0.5) is 0 Å². The number of hydrogen-bond donors (Lipinski definition) is 2. The monoisotopic (exact) mass is 311 g/mol. The standard InChI is InChI=1S/C14H21N3O3S/c1-9(2)11-7-15-14(21-8-13(19)20)17(11)6-5-12(18)16-10-3-4-10/h7,9-10H,3-6,8H2,1-2H3,(H,16,18)(H,19,20). The minimum atomic E-state index is -0.868. The highest BCUT2D eigenvalue weighted by Gasteiger charge is 2.23. The van der Waals surface area contributed by atoms with Crippen molar-refractivity contribution < 1.29 is 14.7 Å². The first-order valence-electron chi connectivity index (χ1n) is 7.16. The number of hydrogen-bond acceptors (Lipinski definition) is 4. The average molecular weight is 311 g/mol. The molecule has 116 valence electrons. The van der Waals surface area contributed by atoms with Gasteiger partial charge in [0.1, 0.15) is 0 Å². The molecule has 7 heteroatoms. The molecule has 1 saturated carbocycles. The molecule has 2 N–H and O–H groups in total. The lowest BCUT2D eigenvalue weighted by atomic mass is 10.1. The van der Waals surface area contributed by atoms with E-state index in [1.54, 1.807) is 6.20 Å². The summed E-state index contributed by atoms with van der Waals surface area (Å²) < 4.78 is 1.96. The van der Waals surface area contributed by atoms with E-state index in [4.69, 9.17) is 5.11 Å². The van der Waals surface area contributed by atoms with Crippen LogP contribution in [0.3, 0.4) is 0 Å². The van der Waals surface area contributed by atoms with E-state index < -0.39 is 5.97 Å². The fraction of sp³-hybridized carbons (Fsp3) is 0.643. The van der Waals surface area contributed by atoms with Crippen molar-refractivity contribution in [1.82, 2.24) is 14.9 Å². The summed E-state index contributed by atoms with van der Waals surface area (Å²) in [7, 11) is 0. The van der Waals surface area contributed by atoms with Crippen LogP contribution in [-0.2, 0) is 16.1 Å². The van der Waals surface area contributed by atoms with E-state index in [9.17, 15) is 9.59 Å². The predicted molar refractivity (Wildman–Crippen MR) is 80.5 cm³/mol. The van der Waals surface area contributed by atoms with Crippen molar-refractivity contribution in [3.63, 3.8) is 0 Å². The van der Waals surface area contributed by atoms with E-state index in [-0.39, 0.29) is 17.6 Å². The van der Waals surface area contributed by atoms with Crippen LogP contribution in [0.2, 0.25) is 0 Å². The molecule has 0 bridgehead atoms. The second kappa shape index (κ2) is 6.98. The minimum Gasteiger partial charge on any atom is -0.481 e. The van der Waals surface area contributed by atoms with Gasteiger partial charge in [0.05, 0.1) is 5.75 Å². The molecule has 1 aliphatic rings. The van der Waals surface area contributed by atoms with Gasteiger partial charge in [0.15, 0.2) is 5.16 Å². The van der Waals surface area contributed by atoms with Gasteiger partial charge < -0.3 is 15.0 Å². The van der Waals surface area contributed by atoms with Gasteiger partial charge in [0, 0.05) is 30.9 Å². The fourth-order valence-electron chi connectivity index (χ4n) is 2.04. The molecule has 2 rings (SSSR count). The Labute approximate surface area is 128 Å². The van der Waals surface area contributed by atoms with Crippen LogP contribution in [-0.4, -0.2) is 38.3 Å². The third-order valence-electron chi connectivity index (χ3n) is 3.27. The number of carboxylic acids is 1. The summed E-state index contributed by atoms with van der Waals surface area (Å²) in [4.78, 5) is 26.8. The lowest BCUT2D eigenvalue weighted by Crippen LogP contribution is -2.26. The summed E-state index contributed by atoms with van der Waals surface area (Å²) in [5, 5.41) is 12.4. The number of carbonyl (C=O) groups is 2. The summed E-state index contributed by atoms with van der Waals surface area (Å²) in [6.45, 7) is 4.65. The fourth-order valence-corrected chi connectivity index (χ4v) is 2.77. The maximum Gasteiger partial charge on any atom is 0.313 e. The van der Waals surface area contributed by atoms with E-state index in [0.717, 1.165) is 18.5 Å². The van der Waals surface area contributed by atoms with Crippen LogP contribution >= 0.6 is 11.8 Å². The Morgan fingerprint density at radius 1 is 1.52 bits per heavy atom. The quantitative estimate of drug-likeness (QED) is 0.716. The second-order valence-corrected chi connectivity index (χ2v) is 6.49. The molecule has 1 aromatic heterocycles. The van der Waals surface area contributed by atoms with Crippen LogP contribution in [0, 0.1) is 0 Å². The van der Waals surface area contributed by atoms with Crippen molar-refractivity contribution >= 4 is 23.6 Å². The van der Waals surface area contributed by atoms with Gasteiger partial charge in [0.2, 0.25) is 5.91 Å². The lowest BCUT2D eigenvalue weighted by molar-refractivity contribution is -0.134. The van der Waals surface area contributed by atoms with Crippen molar-refractivity contribution in [3.05, 3.63) is 11.9 Å². The normalized spacial score (nSPS) is 14.4. The Bertz CT molecular complexity index is 524. The summed E-state index contributed by atoms with van der Waals surface area (Å²) in [5.41, 5.74) is 1.03. The molecular weight excluding hydrogens is 290 g/mol. The Hall–Kier alpha value is -1.50. The molecular formula is C14H21N3O3S. The number of thioether (sulfide) groups is 1. The highest BCUT2D eigenvalue weighted by atomic mass is 32.2. The Morgan fingerprint density at radius 2 is 2.24 bits per heavy atom. The first-order valence-corrected chi connectivity index (χ1v) is 8.15. The number of rotatable bonds is 8. The SMILES string of the molecule is CC(C)c1cnc(SCC(=O)O)n1CCC(=O)NC1CC1. The molecule has 0 radical (unpaired) electrons. The molecule has 0 aliphatic heterocycles. The smallest absolute Gasteiger partial charge is 0.313 e. The van der Waals surface area contributed by atoms with Gasteiger partial charge >= 0.3 is 5.97 Å². The third kappa shape index (κ3) is 4.77. The number of aliphatic carboxylic acids is 1. The molecule has 1 heterocycles.